The minimum absolute atomic E-state index is 0.365. The van der Waals surface area contributed by atoms with Crippen LogP contribution in [0.5, 0.6) is 0 Å². The van der Waals surface area contributed by atoms with Crippen LogP contribution in [-0.2, 0) is 4.79 Å². The van der Waals surface area contributed by atoms with Gasteiger partial charge in [0.1, 0.15) is 6.04 Å². The molecule has 1 unspecified atom stereocenters. The van der Waals surface area contributed by atoms with E-state index in [4.69, 9.17) is 5.11 Å². The topological polar surface area (TPSA) is 52.6 Å². The Morgan fingerprint density at radius 1 is 1.41 bits per heavy atom. The van der Waals surface area contributed by atoms with Crippen LogP contribution in [0.3, 0.4) is 0 Å². The molecule has 0 spiro atoms. The van der Waals surface area contributed by atoms with Crippen LogP contribution in [0.25, 0.3) is 0 Å². The molecule has 0 aromatic heterocycles. The van der Waals surface area contributed by atoms with Crippen LogP contribution in [0.2, 0.25) is 0 Å². The quantitative estimate of drug-likeness (QED) is 0.744. The van der Waals surface area contributed by atoms with Crippen molar-refractivity contribution >= 4 is 5.97 Å². The maximum atomic E-state index is 11.1. The molecule has 0 saturated carbocycles. The normalized spacial score (nSPS) is 20.7. The Hall–Kier alpha value is -0.610. The Kier molecular flexibility index (Phi) is 5.92. The molecule has 1 aliphatic rings. The minimum atomic E-state index is -0.710. The molecule has 0 aromatic carbocycles. The number of aliphatic carboxylic acids is 1. The molecule has 1 aliphatic heterocycles. The van der Waals surface area contributed by atoms with Crippen molar-refractivity contribution in [2.75, 3.05) is 13.1 Å². The fourth-order valence-corrected chi connectivity index (χ4v) is 2.43. The molecule has 0 amide bonds. The van der Waals surface area contributed by atoms with E-state index in [-0.39, 0.29) is 6.04 Å². The largest absolute Gasteiger partial charge is 0.480 e. The summed E-state index contributed by atoms with van der Waals surface area (Å²) in [4.78, 5) is 13.5. The maximum Gasteiger partial charge on any atom is 0.320 e. The van der Waals surface area contributed by atoms with Crippen molar-refractivity contribution in [2.45, 2.75) is 64.6 Å². The van der Waals surface area contributed by atoms with Gasteiger partial charge in [-0.3, -0.25) is 4.79 Å². The predicted octanol–water partition coefficient (Wildman–Crippen LogP) is 1.70. The summed E-state index contributed by atoms with van der Waals surface area (Å²) >= 11 is 0. The van der Waals surface area contributed by atoms with Gasteiger partial charge in [0.25, 0.3) is 0 Å². The highest BCUT2D eigenvalue weighted by atomic mass is 16.4. The molecule has 1 atom stereocenters. The van der Waals surface area contributed by atoms with Crippen LogP contribution in [-0.4, -0.2) is 47.2 Å². The number of nitrogens with one attached hydrogen (secondary N) is 1. The SMILES string of the molecule is CCCC(NC1CCN(C(C)C)CC1)C(=O)O. The Morgan fingerprint density at radius 2 is 2.00 bits per heavy atom. The predicted molar refractivity (Wildman–Crippen MR) is 69.2 cm³/mol. The van der Waals surface area contributed by atoms with Crippen molar-refractivity contribution in [2.24, 2.45) is 0 Å². The first-order chi connectivity index (χ1) is 8.04. The summed E-state index contributed by atoms with van der Waals surface area (Å²) in [5.74, 6) is -0.710. The smallest absolute Gasteiger partial charge is 0.320 e. The summed E-state index contributed by atoms with van der Waals surface area (Å²) in [6.45, 7) is 8.61. The molecule has 0 aromatic rings. The summed E-state index contributed by atoms with van der Waals surface area (Å²) in [5, 5.41) is 12.4. The highest BCUT2D eigenvalue weighted by Crippen LogP contribution is 2.14. The van der Waals surface area contributed by atoms with Crippen LogP contribution >= 0.6 is 0 Å². The van der Waals surface area contributed by atoms with Crippen molar-refractivity contribution in [3.8, 4) is 0 Å². The monoisotopic (exact) mass is 242 g/mol. The van der Waals surface area contributed by atoms with Gasteiger partial charge in [-0.15, -0.1) is 0 Å². The van der Waals surface area contributed by atoms with Gasteiger partial charge >= 0.3 is 5.97 Å². The zero-order valence-electron chi connectivity index (χ0n) is 11.3. The Balaban J connectivity index is 2.35. The molecule has 4 nitrogen and oxygen atoms in total. The second kappa shape index (κ2) is 6.97. The van der Waals surface area contributed by atoms with Gasteiger partial charge in [-0.2, -0.15) is 0 Å². The molecule has 0 radical (unpaired) electrons. The number of carbonyl (C=O) groups is 1. The number of piperidine rings is 1. The first kappa shape index (κ1) is 14.5. The summed E-state index contributed by atoms with van der Waals surface area (Å²) in [5.41, 5.74) is 0. The van der Waals surface area contributed by atoms with E-state index < -0.39 is 5.97 Å². The second-order valence-electron chi connectivity index (χ2n) is 5.25. The zero-order valence-corrected chi connectivity index (χ0v) is 11.3. The summed E-state index contributed by atoms with van der Waals surface area (Å²) in [6, 6.07) is 0.607. The molecule has 1 fully saturated rings. The highest BCUT2D eigenvalue weighted by Gasteiger charge is 2.25. The molecule has 0 bridgehead atoms. The number of carboxylic acid groups (broad SMARTS) is 1. The lowest BCUT2D eigenvalue weighted by Crippen LogP contribution is -2.49. The standard InChI is InChI=1S/C13H26N2O2/c1-4-5-12(13(16)17)14-11-6-8-15(9-7-11)10(2)3/h10-12,14H,4-9H2,1-3H3,(H,16,17). The lowest BCUT2D eigenvalue weighted by molar-refractivity contribution is -0.140. The summed E-state index contributed by atoms with van der Waals surface area (Å²) < 4.78 is 0. The van der Waals surface area contributed by atoms with Crippen LogP contribution < -0.4 is 5.32 Å². The Labute approximate surface area is 104 Å². The van der Waals surface area contributed by atoms with Crippen LogP contribution in [0.1, 0.15) is 46.5 Å². The van der Waals surface area contributed by atoms with Crippen molar-refractivity contribution in [3.63, 3.8) is 0 Å². The van der Waals surface area contributed by atoms with Crippen molar-refractivity contribution in [1.29, 1.82) is 0 Å². The third-order valence-corrected chi connectivity index (χ3v) is 3.57. The van der Waals surface area contributed by atoms with E-state index in [0.29, 0.717) is 12.1 Å². The molecule has 1 saturated heterocycles. The number of nitrogens with zero attached hydrogens (tertiary/aromatic N) is 1. The Morgan fingerprint density at radius 3 is 2.41 bits per heavy atom. The number of hydrogen-bond acceptors (Lipinski definition) is 3. The van der Waals surface area contributed by atoms with Crippen molar-refractivity contribution < 1.29 is 9.90 Å². The molecule has 17 heavy (non-hydrogen) atoms. The van der Waals surface area contributed by atoms with Gasteiger partial charge in [-0.05, 0) is 46.2 Å². The van der Waals surface area contributed by atoms with E-state index in [2.05, 4.69) is 24.1 Å². The van der Waals surface area contributed by atoms with Gasteiger partial charge in [0.05, 0.1) is 0 Å². The maximum absolute atomic E-state index is 11.1. The highest BCUT2D eigenvalue weighted by molar-refractivity contribution is 5.73. The van der Waals surface area contributed by atoms with E-state index in [1.54, 1.807) is 0 Å². The molecule has 100 valence electrons. The fourth-order valence-electron chi connectivity index (χ4n) is 2.43. The van der Waals surface area contributed by atoms with E-state index in [0.717, 1.165) is 38.8 Å². The van der Waals surface area contributed by atoms with Gasteiger partial charge in [-0.1, -0.05) is 13.3 Å². The summed E-state index contributed by atoms with van der Waals surface area (Å²) in [6.07, 6.45) is 3.76. The first-order valence-electron chi connectivity index (χ1n) is 6.77. The molecule has 0 aliphatic carbocycles. The third kappa shape index (κ3) is 4.64. The molecular formula is C13H26N2O2. The van der Waals surface area contributed by atoms with E-state index in [9.17, 15) is 4.79 Å². The molecular weight excluding hydrogens is 216 g/mol. The number of rotatable bonds is 6. The lowest BCUT2D eigenvalue weighted by Gasteiger charge is -2.36. The minimum Gasteiger partial charge on any atom is -0.480 e. The Bertz CT molecular complexity index is 236. The van der Waals surface area contributed by atoms with E-state index in [1.807, 2.05) is 6.92 Å². The van der Waals surface area contributed by atoms with Gasteiger partial charge in [0.2, 0.25) is 0 Å². The number of hydrogen-bond donors (Lipinski definition) is 2. The molecule has 4 heteroatoms. The average molecular weight is 242 g/mol. The lowest BCUT2D eigenvalue weighted by atomic mass is 10.0. The van der Waals surface area contributed by atoms with Gasteiger partial charge in [0, 0.05) is 12.1 Å². The second-order valence-corrected chi connectivity index (χ2v) is 5.25. The van der Waals surface area contributed by atoms with Crippen LogP contribution in [0, 0.1) is 0 Å². The molecule has 2 N–H and O–H groups in total. The number of likely N-dealkylation sites (tertiary alicyclic amines) is 1. The van der Waals surface area contributed by atoms with Gasteiger partial charge in [-0.25, -0.2) is 0 Å². The zero-order chi connectivity index (χ0) is 12.8. The van der Waals surface area contributed by atoms with Crippen molar-refractivity contribution in [3.05, 3.63) is 0 Å². The fraction of sp³-hybridized carbons (Fsp3) is 0.923. The number of carboxylic acids is 1. The van der Waals surface area contributed by atoms with Crippen molar-refractivity contribution in [1.82, 2.24) is 10.2 Å². The van der Waals surface area contributed by atoms with Crippen LogP contribution in [0.15, 0.2) is 0 Å². The van der Waals surface area contributed by atoms with Gasteiger partial charge < -0.3 is 15.3 Å². The summed E-state index contributed by atoms with van der Waals surface area (Å²) in [7, 11) is 0. The van der Waals surface area contributed by atoms with Gasteiger partial charge in [0.15, 0.2) is 0 Å². The third-order valence-electron chi connectivity index (χ3n) is 3.57. The molecule has 1 heterocycles. The van der Waals surface area contributed by atoms with E-state index in [1.165, 1.54) is 0 Å². The average Bonchev–Trinajstić information content (AvgIpc) is 2.29. The first-order valence-corrected chi connectivity index (χ1v) is 6.77. The van der Waals surface area contributed by atoms with Crippen LogP contribution in [0.4, 0.5) is 0 Å². The molecule has 1 rings (SSSR count). The van der Waals surface area contributed by atoms with E-state index >= 15 is 0 Å².